The summed E-state index contributed by atoms with van der Waals surface area (Å²) >= 11 is 0. The van der Waals surface area contributed by atoms with E-state index in [1.165, 1.54) is 0 Å². The summed E-state index contributed by atoms with van der Waals surface area (Å²) in [4.78, 5) is 25.8. The number of hydrogen-bond donors (Lipinski definition) is 0. The number of carbonyl (C=O) groups excluding carboxylic acids is 2. The third-order valence-electron chi connectivity index (χ3n) is 3.08. The molecule has 0 saturated carbocycles. The number of nitrogens with zero attached hydrogens (tertiary/aromatic N) is 2. The van der Waals surface area contributed by atoms with Crippen molar-refractivity contribution in [2.75, 3.05) is 18.1 Å². The second-order valence-corrected chi connectivity index (χ2v) is 4.15. The van der Waals surface area contributed by atoms with Gasteiger partial charge >= 0.3 is 5.97 Å². The fourth-order valence-electron chi connectivity index (χ4n) is 2.24. The summed E-state index contributed by atoms with van der Waals surface area (Å²) in [6.07, 6.45) is 0. The highest BCUT2D eigenvalue weighted by molar-refractivity contribution is 6.36. The van der Waals surface area contributed by atoms with E-state index < -0.39 is 5.97 Å². The van der Waals surface area contributed by atoms with Gasteiger partial charge < -0.3 is 9.64 Å². The molecule has 0 saturated heterocycles. The van der Waals surface area contributed by atoms with Gasteiger partial charge in [0.15, 0.2) is 5.57 Å². The van der Waals surface area contributed by atoms with Gasteiger partial charge in [0.2, 0.25) is 0 Å². The van der Waals surface area contributed by atoms with Gasteiger partial charge in [-0.2, -0.15) is 5.26 Å². The van der Waals surface area contributed by atoms with E-state index in [1.54, 1.807) is 36.1 Å². The minimum absolute atomic E-state index is 0.128. The Hall–Kier alpha value is -2.61. The number of carbonyl (C=O) groups is 2. The molecular weight excluding hydrogens is 256 g/mol. The SMILES string of the molecule is CCOC(=O)/C(C#N)=C1\C(=O)N(CC)c2ccccc21. The maximum absolute atomic E-state index is 12.4. The standard InChI is InChI=1S/C15H14N2O3/c1-3-17-12-8-6-5-7-10(12)13(14(17)18)11(9-16)15(19)20-4-2/h5-8H,3-4H2,1-2H3/b13-11-. The van der Waals surface area contributed by atoms with Gasteiger partial charge in [-0.05, 0) is 19.9 Å². The third-order valence-corrected chi connectivity index (χ3v) is 3.08. The molecule has 1 heterocycles. The Morgan fingerprint density at radius 2 is 2.05 bits per heavy atom. The number of anilines is 1. The van der Waals surface area contributed by atoms with Crippen LogP contribution in [0, 0.1) is 11.3 Å². The lowest BCUT2D eigenvalue weighted by atomic mass is 10.0. The number of amides is 1. The molecule has 5 nitrogen and oxygen atoms in total. The lowest BCUT2D eigenvalue weighted by molar-refractivity contribution is -0.138. The molecule has 5 heteroatoms. The molecule has 1 aromatic carbocycles. The molecule has 0 aromatic heterocycles. The number of nitriles is 1. The molecule has 0 unspecified atom stereocenters. The Balaban J connectivity index is 2.65. The van der Waals surface area contributed by atoms with Crippen LogP contribution in [0.2, 0.25) is 0 Å². The molecule has 1 aromatic rings. The molecule has 0 spiro atoms. The van der Waals surface area contributed by atoms with Crippen molar-refractivity contribution in [3.05, 3.63) is 35.4 Å². The number of ether oxygens (including phenoxy) is 1. The summed E-state index contributed by atoms with van der Waals surface area (Å²) in [5.41, 5.74) is 1.21. The maximum atomic E-state index is 12.4. The van der Waals surface area contributed by atoms with E-state index in [1.807, 2.05) is 13.0 Å². The lowest BCUT2D eigenvalue weighted by Crippen LogP contribution is -2.26. The quantitative estimate of drug-likeness (QED) is 0.478. The molecule has 0 atom stereocenters. The lowest BCUT2D eigenvalue weighted by Gasteiger charge is -2.13. The normalized spacial score (nSPS) is 15.7. The zero-order valence-electron chi connectivity index (χ0n) is 11.3. The molecule has 20 heavy (non-hydrogen) atoms. The first-order valence-electron chi connectivity index (χ1n) is 6.38. The number of fused-ring (bicyclic) bond motifs is 1. The van der Waals surface area contributed by atoms with Crippen molar-refractivity contribution in [1.29, 1.82) is 5.26 Å². The van der Waals surface area contributed by atoms with E-state index in [0.29, 0.717) is 17.8 Å². The van der Waals surface area contributed by atoms with Crippen LogP contribution in [0.1, 0.15) is 19.4 Å². The summed E-state index contributed by atoms with van der Waals surface area (Å²) in [5.74, 6) is -1.09. The minimum Gasteiger partial charge on any atom is -0.462 e. The first kappa shape index (κ1) is 13.8. The molecule has 0 fully saturated rings. The average molecular weight is 270 g/mol. The van der Waals surface area contributed by atoms with Crippen molar-refractivity contribution in [2.45, 2.75) is 13.8 Å². The second-order valence-electron chi connectivity index (χ2n) is 4.15. The summed E-state index contributed by atoms with van der Waals surface area (Å²) in [5, 5.41) is 9.21. The van der Waals surface area contributed by atoms with Crippen LogP contribution < -0.4 is 4.90 Å². The second kappa shape index (κ2) is 5.57. The van der Waals surface area contributed by atoms with Gasteiger partial charge in [0.25, 0.3) is 5.91 Å². The highest BCUT2D eigenvalue weighted by atomic mass is 16.5. The number of likely N-dealkylation sites (N-methyl/N-ethyl adjacent to an activating group) is 1. The summed E-state index contributed by atoms with van der Waals surface area (Å²) < 4.78 is 4.85. The van der Waals surface area contributed by atoms with Gasteiger partial charge in [0.1, 0.15) is 6.07 Å². The van der Waals surface area contributed by atoms with Crippen molar-refractivity contribution >= 4 is 23.1 Å². The fourth-order valence-corrected chi connectivity index (χ4v) is 2.24. The maximum Gasteiger partial charge on any atom is 0.349 e. The number of esters is 1. The van der Waals surface area contributed by atoms with E-state index in [9.17, 15) is 14.9 Å². The first-order valence-corrected chi connectivity index (χ1v) is 6.38. The van der Waals surface area contributed by atoms with E-state index in [-0.39, 0.29) is 23.7 Å². The predicted molar refractivity (Wildman–Crippen MR) is 73.6 cm³/mol. The zero-order valence-corrected chi connectivity index (χ0v) is 11.3. The van der Waals surface area contributed by atoms with Crippen LogP contribution in [0.5, 0.6) is 0 Å². The predicted octanol–water partition coefficient (Wildman–Crippen LogP) is 1.89. The highest BCUT2D eigenvalue weighted by Crippen LogP contribution is 2.38. The summed E-state index contributed by atoms with van der Waals surface area (Å²) in [6, 6.07) is 8.91. The first-order chi connectivity index (χ1) is 9.65. The van der Waals surface area contributed by atoms with Crippen molar-refractivity contribution < 1.29 is 14.3 Å². The Kier molecular flexibility index (Phi) is 3.85. The monoisotopic (exact) mass is 270 g/mol. The molecule has 1 amide bonds. The van der Waals surface area contributed by atoms with Gasteiger partial charge in [-0.25, -0.2) is 4.79 Å². The van der Waals surface area contributed by atoms with Crippen LogP contribution in [0.3, 0.4) is 0 Å². The molecule has 1 aliphatic rings. The van der Waals surface area contributed by atoms with E-state index in [0.717, 1.165) is 0 Å². The molecule has 102 valence electrons. The molecule has 1 aliphatic heterocycles. The molecular formula is C15H14N2O3. The molecule has 0 aliphatic carbocycles. The Morgan fingerprint density at radius 1 is 1.35 bits per heavy atom. The van der Waals surface area contributed by atoms with Gasteiger partial charge in [-0.1, -0.05) is 18.2 Å². The highest BCUT2D eigenvalue weighted by Gasteiger charge is 2.35. The Bertz CT molecular complexity index is 641. The zero-order chi connectivity index (χ0) is 14.7. The van der Waals surface area contributed by atoms with Crippen LogP contribution in [0.25, 0.3) is 5.57 Å². The minimum atomic E-state index is -0.758. The smallest absolute Gasteiger partial charge is 0.349 e. The van der Waals surface area contributed by atoms with E-state index in [2.05, 4.69) is 0 Å². The number of rotatable bonds is 3. The molecule has 0 bridgehead atoms. The van der Waals surface area contributed by atoms with Crippen molar-refractivity contribution in [2.24, 2.45) is 0 Å². The topological polar surface area (TPSA) is 70.4 Å². The average Bonchev–Trinajstić information content (AvgIpc) is 2.73. The largest absolute Gasteiger partial charge is 0.462 e. The van der Waals surface area contributed by atoms with E-state index >= 15 is 0 Å². The van der Waals surface area contributed by atoms with E-state index in [4.69, 9.17) is 4.74 Å². The van der Waals surface area contributed by atoms with Gasteiger partial charge in [-0.3, -0.25) is 4.79 Å². The molecule has 0 radical (unpaired) electrons. The van der Waals surface area contributed by atoms with Gasteiger partial charge in [0, 0.05) is 12.1 Å². The number of hydrogen-bond acceptors (Lipinski definition) is 4. The van der Waals surface area contributed by atoms with Crippen LogP contribution in [-0.2, 0) is 14.3 Å². The van der Waals surface area contributed by atoms with Gasteiger partial charge in [-0.15, -0.1) is 0 Å². The Morgan fingerprint density at radius 3 is 2.65 bits per heavy atom. The van der Waals surface area contributed by atoms with Crippen LogP contribution in [0.4, 0.5) is 5.69 Å². The van der Waals surface area contributed by atoms with Gasteiger partial charge in [0.05, 0.1) is 17.9 Å². The van der Waals surface area contributed by atoms with Crippen LogP contribution in [-0.4, -0.2) is 25.0 Å². The Labute approximate surface area is 117 Å². The number of benzene rings is 1. The third kappa shape index (κ3) is 2.05. The van der Waals surface area contributed by atoms with Crippen molar-refractivity contribution in [1.82, 2.24) is 0 Å². The number of para-hydroxylation sites is 1. The van der Waals surface area contributed by atoms with Crippen molar-refractivity contribution in [3.63, 3.8) is 0 Å². The van der Waals surface area contributed by atoms with Crippen LogP contribution >= 0.6 is 0 Å². The molecule has 0 N–H and O–H groups in total. The molecule has 2 rings (SSSR count). The summed E-state index contributed by atoms with van der Waals surface area (Å²) in [6.45, 7) is 4.12. The fraction of sp³-hybridized carbons (Fsp3) is 0.267. The van der Waals surface area contributed by atoms with Crippen LogP contribution in [0.15, 0.2) is 29.8 Å². The summed E-state index contributed by atoms with van der Waals surface area (Å²) in [7, 11) is 0. The van der Waals surface area contributed by atoms with Crippen molar-refractivity contribution in [3.8, 4) is 6.07 Å².